The Hall–Kier alpha value is -0.530. The van der Waals surface area contributed by atoms with E-state index in [1.165, 1.54) is 12.8 Å². The van der Waals surface area contributed by atoms with Crippen molar-refractivity contribution in [3.05, 3.63) is 0 Å². The van der Waals surface area contributed by atoms with Crippen LogP contribution >= 0.6 is 0 Å². The van der Waals surface area contributed by atoms with E-state index in [2.05, 4.69) is 13.8 Å². The van der Waals surface area contributed by atoms with Crippen molar-refractivity contribution in [2.24, 2.45) is 35.0 Å². The van der Waals surface area contributed by atoms with Gasteiger partial charge in [0.1, 0.15) is 0 Å². The summed E-state index contributed by atoms with van der Waals surface area (Å²) in [7, 11) is 0. The number of carboxylic acid groups (broad SMARTS) is 1. The van der Waals surface area contributed by atoms with Crippen LogP contribution in [-0.4, -0.2) is 11.1 Å². The summed E-state index contributed by atoms with van der Waals surface area (Å²) in [6.07, 6.45) is 6.87. The van der Waals surface area contributed by atoms with Crippen molar-refractivity contribution in [1.82, 2.24) is 0 Å². The molecular formula is C15H24O2. The molecule has 0 aliphatic heterocycles. The minimum Gasteiger partial charge on any atom is -0.481 e. The normalized spacial score (nSPS) is 53.2. The lowest BCUT2D eigenvalue weighted by atomic mass is 9.62. The van der Waals surface area contributed by atoms with Gasteiger partial charge in [-0.1, -0.05) is 13.8 Å². The fourth-order valence-corrected chi connectivity index (χ4v) is 4.91. The molecule has 2 heteroatoms. The molecule has 3 fully saturated rings. The highest BCUT2D eigenvalue weighted by Gasteiger charge is 2.60. The summed E-state index contributed by atoms with van der Waals surface area (Å²) in [5.74, 6) is 2.92. The number of hydrogen-bond acceptors (Lipinski definition) is 1. The largest absolute Gasteiger partial charge is 0.481 e. The van der Waals surface area contributed by atoms with Crippen molar-refractivity contribution in [3.63, 3.8) is 0 Å². The van der Waals surface area contributed by atoms with Gasteiger partial charge < -0.3 is 5.11 Å². The Bertz CT molecular complexity index is 316. The van der Waals surface area contributed by atoms with E-state index in [4.69, 9.17) is 0 Å². The quantitative estimate of drug-likeness (QED) is 0.796. The molecule has 0 saturated heterocycles. The van der Waals surface area contributed by atoms with Crippen LogP contribution < -0.4 is 0 Å². The van der Waals surface area contributed by atoms with E-state index in [9.17, 15) is 9.90 Å². The number of carbonyl (C=O) groups is 1. The molecule has 3 aliphatic rings. The smallest absolute Gasteiger partial charge is 0.309 e. The number of carboxylic acids is 1. The van der Waals surface area contributed by atoms with Crippen LogP contribution in [0, 0.1) is 35.0 Å². The molecule has 4 unspecified atom stereocenters. The number of hydrogen-bond donors (Lipinski definition) is 1. The molecule has 0 bridgehead atoms. The standard InChI is InChI=1S/C15H24O2/c1-9-3-10(2)5-13(4-9)15(14(16)17)7-11-6-12(11)8-15/h9-13H,3-8H2,1-2H3,(H,16,17). The van der Waals surface area contributed by atoms with E-state index in [0.717, 1.165) is 49.4 Å². The van der Waals surface area contributed by atoms with E-state index in [1.54, 1.807) is 0 Å². The molecule has 0 heterocycles. The highest BCUT2D eigenvalue weighted by Crippen LogP contribution is 2.64. The Morgan fingerprint density at radius 1 is 1.00 bits per heavy atom. The number of rotatable bonds is 2. The summed E-state index contributed by atoms with van der Waals surface area (Å²) in [6.45, 7) is 4.60. The molecule has 3 aliphatic carbocycles. The summed E-state index contributed by atoms with van der Waals surface area (Å²) < 4.78 is 0. The average molecular weight is 236 g/mol. The molecule has 96 valence electrons. The monoisotopic (exact) mass is 236 g/mol. The van der Waals surface area contributed by atoms with Crippen molar-refractivity contribution in [1.29, 1.82) is 0 Å². The van der Waals surface area contributed by atoms with Crippen LogP contribution in [0.1, 0.15) is 52.4 Å². The van der Waals surface area contributed by atoms with Gasteiger partial charge in [-0.15, -0.1) is 0 Å². The van der Waals surface area contributed by atoms with Gasteiger partial charge >= 0.3 is 5.97 Å². The molecule has 0 amide bonds. The summed E-state index contributed by atoms with van der Waals surface area (Å²) in [6, 6.07) is 0. The Labute approximate surface area is 104 Å². The van der Waals surface area contributed by atoms with Crippen molar-refractivity contribution in [3.8, 4) is 0 Å². The molecule has 0 aromatic rings. The predicted molar refractivity (Wildman–Crippen MR) is 66.6 cm³/mol. The minimum absolute atomic E-state index is 0.337. The zero-order chi connectivity index (χ0) is 12.2. The molecule has 3 saturated carbocycles. The van der Waals surface area contributed by atoms with Crippen LogP contribution in [0.25, 0.3) is 0 Å². The predicted octanol–water partition coefficient (Wildman–Crippen LogP) is 3.56. The molecule has 17 heavy (non-hydrogen) atoms. The van der Waals surface area contributed by atoms with Gasteiger partial charge in [0.15, 0.2) is 0 Å². The minimum atomic E-state index is -0.490. The first-order valence-corrected chi connectivity index (χ1v) is 7.24. The molecule has 0 spiro atoms. The third kappa shape index (κ3) is 1.80. The molecule has 1 N–H and O–H groups in total. The number of fused-ring (bicyclic) bond motifs is 1. The molecule has 0 aromatic carbocycles. The van der Waals surface area contributed by atoms with Gasteiger partial charge in [-0.2, -0.15) is 0 Å². The first-order valence-electron chi connectivity index (χ1n) is 7.24. The zero-order valence-electron chi connectivity index (χ0n) is 11.0. The third-order valence-corrected chi connectivity index (χ3v) is 5.71. The fraction of sp³-hybridized carbons (Fsp3) is 0.933. The number of aliphatic carboxylic acids is 1. The summed E-state index contributed by atoms with van der Waals surface area (Å²) in [4.78, 5) is 11.8. The fourth-order valence-electron chi connectivity index (χ4n) is 4.91. The Balaban J connectivity index is 1.81. The molecular weight excluding hydrogens is 212 g/mol. The topological polar surface area (TPSA) is 37.3 Å². The Morgan fingerprint density at radius 3 is 2.00 bits per heavy atom. The van der Waals surface area contributed by atoms with Gasteiger partial charge in [0.05, 0.1) is 5.41 Å². The summed E-state index contributed by atoms with van der Waals surface area (Å²) in [5, 5.41) is 9.73. The SMILES string of the molecule is CC1CC(C)CC(C2(C(=O)O)CC3CC3C2)C1. The maximum Gasteiger partial charge on any atom is 0.309 e. The van der Waals surface area contributed by atoms with E-state index >= 15 is 0 Å². The van der Waals surface area contributed by atoms with E-state index in [1.807, 2.05) is 0 Å². The van der Waals surface area contributed by atoms with E-state index < -0.39 is 5.97 Å². The van der Waals surface area contributed by atoms with Crippen molar-refractivity contribution < 1.29 is 9.90 Å². The average Bonchev–Trinajstić information content (AvgIpc) is 2.84. The second-order valence-corrected chi connectivity index (χ2v) is 7.24. The van der Waals surface area contributed by atoms with Gasteiger partial charge in [-0.05, 0) is 68.1 Å². The van der Waals surface area contributed by atoms with Crippen LogP contribution in [0.5, 0.6) is 0 Å². The maximum absolute atomic E-state index is 11.8. The first kappa shape index (κ1) is 11.6. The first-order chi connectivity index (χ1) is 8.01. The second kappa shape index (κ2) is 3.73. The van der Waals surface area contributed by atoms with Crippen LogP contribution in [0.4, 0.5) is 0 Å². The van der Waals surface area contributed by atoms with Gasteiger partial charge in [0.2, 0.25) is 0 Å². The van der Waals surface area contributed by atoms with Gasteiger partial charge in [-0.3, -0.25) is 4.79 Å². The zero-order valence-corrected chi connectivity index (χ0v) is 11.0. The third-order valence-electron chi connectivity index (χ3n) is 5.71. The van der Waals surface area contributed by atoms with Gasteiger partial charge in [0, 0.05) is 0 Å². The van der Waals surface area contributed by atoms with Gasteiger partial charge in [0.25, 0.3) is 0 Å². The van der Waals surface area contributed by atoms with Crippen molar-refractivity contribution >= 4 is 5.97 Å². The molecule has 2 nitrogen and oxygen atoms in total. The summed E-state index contributed by atoms with van der Waals surface area (Å²) >= 11 is 0. The lowest BCUT2D eigenvalue weighted by Crippen LogP contribution is -2.41. The highest BCUT2D eigenvalue weighted by molar-refractivity contribution is 5.76. The summed E-state index contributed by atoms with van der Waals surface area (Å²) in [5.41, 5.74) is -0.337. The Morgan fingerprint density at radius 2 is 1.53 bits per heavy atom. The van der Waals surface area contributed by atoms with Crippen molar-refractivity contribution in [2.75, 3.05) is 0 Å². The maximum atomic E-state index is 11.8. The molecule has 3 rings (SSSR count). The lowest BCUT2D eigenvalue weighted by molar-refractivity contribution is -0.155. The van der Waals surface area contributed by atoms with Crippen molar-refractivity contribution in [2.45, 2.75) is 52.4 Å². The van der Waals surface area contributed by atoms with E-state index in [-0.39, 0.29) is 5.41 Å². The van der Waals surface area contributed by atoms with Crippen LogP contribution in [-0.2, 0) is 4.79 Å². The molecule has 0 radical (unpaired) electrons. The van der Waals surface area contributed by atoms with E-state index in [0.29, 0.717) is 5.92 Å². The second-order valence-electron chi connectivity index (χ2n) is 7.24. The molecule has 0 aromatic heterocycles. The van der Waals surface area contributed by atoms with Crippen LogP contribution in [0.15, 0.2) is 0 Å². The molecule has 4 atom stereocenters. The van der Waals surface area contributed by atoms with Crippen LogP contribution in [0.2, 0.25) is 0 Å². The van der Waals surface area contributed by atoms with Crippen LogP contribution in [0.3, 0.4) is 0 Å². The lowest BCUT2D eigenvalue weighted by Gasteiger charge is -2.41. The Kier molecular flexibility index (Phi) is 2.53. The highest BCUT2D eigenvalue weighted by atomic mass is 16.4. The van der Waals surface area contributed by atoms with Gasteiger partial charge in [-0.25, -0.2) is 0 Å².